The van der Waals surface area contributed by atoms with Crippen molar-refractivity contribution >= 4 is 23.0 Å². The summed E-state index contributed by atoms with van der Waals surface area (Å²) in [7, 11) is 0. The van der Waals surface area contributed by atoms with Gasteiger partial charge in [0.25, 0.3) is 5.71 Å². The number of anilines is 1. The van der Waals surface area contributed by atoms with Gasteiger partial charge < -0.3 is 5.21 Å². The lowest BCUT2D eigenvalue weighted by Gasteiger charge is -2.16. The monoisotopic (exact) mass is 328 g/mol. The number of carbonyl (C=O) groups excluding carboxylic acids is 1. The molecule has 0 saturated heterocycles. The Balaban J connectivity index is 1.82. The van der Waals surface area contributed by atoms with E-state index >= 15 is 0 Å². The van der Waals surface area contributed by atoms with Crippen LogP contribution in [-0.4, -0.2) is 16.4 Å². The number of para-hydroxylation sites is 2. The lowest BCUT2D eigenvalue weighted by atomic mass is 10.1. The smallest absolute Gasteiger partial charge is 0.325 e. The van der Waals surface area contributed by atoms with Crippen LogP contribution in [0, 0.1) is 5.21 Å². The third kappa shape index (κ3) is 2.68. The van der Waals surface area contributed by atoms with Gasteiger partial charge in [0.2, 0.25) is 5.69 Å². The zero-order valence-corrected chi connectivity index (χ0v) is 13.5. The van der Waals surface area contributed by atoms with Gasteiger partial charge in [-0.3, -0.25) is 9.69 Å². The molecule has 0 radical (unpaired) electrons. The average molecular weight is 328 g/mol. The molecule has 0 saturated carbocycles. The molecular formula is C21H16N2O2. The molecule has 4 heteroatoms. The Morgan fingerprint density at radius 3 is 2.12 bits per heavy atom. The summed E-state index contributed by atoms with van der Waals surface area (Å²) < 4.78 is 0.728. The van der Waals surface area contributed by atoms with Crippen LogP contribution in [0.15, 0.2) is 84.9 Å². The van der Waals surface area contributed by atoms with Crippen LogP contribution in [0.5, 0.6) is 0 Å². The number of benzene rings is 3. The van der Waals surface area contributed by atoms with Crippen molar-refractivity contribution in [2.75, 3.05) is 4.90 Å². The first-order chi connectivity index (χ1) is 12.3. The first kappa shape index (κ1) is 15.1. The highest BCUT2D eigenvalue weighted by Gasteiger charge is 2.39. The zero-order valence-electron chi connectivity index (χ0n) is 13.5. The van der Waals surface area contributed by atoms with Crippen LogP contribution < -0.4 is 4.90 Å². The van der Waals surface area contributed by atoms with Gasteiger partial charge in [-0.05, 0) is 17.7 Å². The van der Waals surface area contributed by atoms with Gasteiger partial charge in [-0.1, -0.05) is 60.7 Å². The Morgan fingerprint density at radius 2 is 1.40 bits per heavy atom. The van der Waals surface area contributed by atoms with Crippen molar-refractivity contribution in [1.82, 2.24) is 0 Å². The molecule has 25 heavy (non-hydrogen) atoms. The van der Waals surface area contributed by atoms with E-state index in [1.54, 1.807) is 29.2 Å². The van der Waals surface area contributed by atoms with Gasteiger partial charge in [-0.2, -0.15) is 4.74 Å². The number of fused-ring (bicyclic) bond motifs is 1. The molecule has 122 valence electrons. The Hall–Kier alpha value is -3.40. The van der Waals surface area contributed by atoms with Crippen LogP contribution in [0.4, 0.5) is 11.4 Å². The second-order valence-corrected chi connectivity index (χ2v) is 5.87. The van der Waals surface area contributed by atoms with E-state index in [9.17, 15) is 10.0 Å². The van der Waals surface area contributed by atoms with E-state index in [1.807, 2.05) is 60.7 Å². The second-order valence-electron chi connectivity index (χ2n) is 5.87. The fraction of sp³-hybridized carbons (Fsp3) is 0.0476. The Morgan fingerprint density at radius 1 is 0.800 bits per heavy atom. The van der Waals surface area contributed by atoms with Gasteiger partial charge >= 0.3 is 5.91 Å². The predicted octanol–water partition coefficient (Wildman–Crippen LogP) is 3.86. The van der Waals surface area contributed by atoms with Crippen LogP contribution in [0.3, 0.4) is 0 Å². The maximum Gasteiger partial charge on any atom is 0.325 e. The number of hydrogen-bond acceptors (Lipinski definition) is 2. The van der Waals surface area contributed by atoms with E-state index in [-0.39, 0.29) is 11.6 Å². The molecule has 0 N–H and O–H groups in total. The van der Waals surface area contributed by atoms with Gasteiger partial charge in [-0.25, -0.2) is 0 Å². The quantitative estimate of drug-likeness (QED) is 0.416. The Kier molecular flexibility index (Phi) is 3.78. The predicted molar refractivity (Wildman–Crippen MR) is 97.9 cm³/mol. The van der Waals surface area contributed by atoms with E-state index in [1.165, 1.54) is 0 Å². The molecule has 0 unspecified atom stereocenters. The molecule has 0 atom stereocenters. The van der Waals surface area contributed by atoms with E-state index in [2.05, 4.69) is 0 Å². The molecule has 1 amide bonds. The summed E-state index contributed by atoms with van der Waals surface area (Å²) in [6.07, 6.45) is 0. The zero-order chi connectivity index (χ0) is 17.2. The first-order valence-corrected chi connectivity index (χ1v) is 8.10. The van der Waals surface area contributed by atoms with Crippen molar-refractivity contribution in [3.8, 4) is 0 Å². The maximum absolute atomic E-state index is 13.0. The Bertz CT molecular complexity index is 950. The molecule has 4 rings (SSSR count). The van der Waals surface area contributed by atoms with Crippen molar-refractivity contribution in [1.29, 1.82) is 0 Å². The molecule has 1 heterocycles. The third-order valence-electron chi connectivity index (χ3n) is 4.27. The third-order valence-corrected chi connectivity index (χ3v) is 4.27. The molecule has 0 aromatic heterocycles. The number of rotatable bonds is 3. The molecule has 3 aromatic rings. The largest absolute Gasteiger partial charge is 0.618 e. The highest BCUT2D eigenvalue weighted by Crippen LogP contribution is 2.31. The summed E-state index contributed by atoms with van der Waals surface area (Å²) in [4.78, 5) is 14.7. The van der Waals surface area contributed by atoms with Crippen LogP contribution in [0.1, 0.15) is 11.1 Å². The summed E-state index contributed by atoms with van der Waals surface area (Å²) in [5, 5.41) is 12.9. The SMILES string of the molecule is O=C1/C(=[N+](/[O-])c2ccccc2)c2ccccc2N1Cc1ccccc1. The summed E-state index contributed by atoms with van der Waals surface area (Å²) >= 11 is 0. The molecule has 4 nitrogen and oxygen atoms in total. The molecule has 0 aliphatic carbocycles. The minimum atomic E-state index is -0.274. The van der Waals surface area contributed by atoms with Crippen LogP contribution >= 0.6 is 0 Å². The molecule has 0 bridgehead atoms. The van der Waals surface area contributed by atoms with Crippen LogP contribution in [0.25, 0.3) is 0 Å². The molecule has 0 spiro atoms. The van der Waals surface area contributed by atoms with Crippen molar-refractivity contribution in [3.63, 3.8) is 0 Å². The molecule has 1 aliphatic heterocycles. The van der Waals surface area contributed by atoms with Gasteiger partial charge in [0, 0.05) is 12.1 Å². The van der Waals surface area contributed by atoms with E-state index in [0.717, 1.165) is 16.0 Å². The van der Waals surface area contributed by atoms with Gasteiger partial charge in [0.15, 0.2) is 0 Å². The normalized spacial score (nSPS) is 15.2. The highest BCUT2D eigenvalue weighted by molar-refractivity contribution is 6.52. The molecular weight excluding hydrogens is 312 g/mol. The minimum Gasteiger partial charge on any atom is -0.618 e. The fourth-order valence-electron chi connectivity index (χ4n) is 3.07. The maximum atomic E-state index is 13.0. The summed E-state index contributed by atoms with van der Waals surface area (Å²) in [6.45, 7) is 0.433. The average Bonchev–Trinajstić information content (AvgIpc) is 2.95. The van der Waals surface area contributed by atoms with Gasteiger partial charge in [0.1, 0.15) is 0 Å². The van der Waals surface area contributed by atoms with Crippen LogP contribution in [0.2, 0.25) is 0 Å². The number of carbonyl (C=O) groups is 1. The second kappa shape index (κ2) is 6.24. The lowest BCUT2D eigenvalue weighted by Crippen LogP contribution is -2.32. The summed E-state index contributed by atoms with van der Waals surface area (Å²) in [5.74, 6) is -0.274. The minimum absolute atomic E-state index is 0.165. The van der Waals surface area contributed by atoms with Crippen molar-refractivity contribution < 1.29 is 9.53 Å². The summed E-state index contributed by atoms with van der Waals surface area (Å²) in [6, 6.07) is 26.0. The fourth-order valence-corrected chi connectivity index (χ4v) is 3.07. The van der Waals surface area contributed by atoms with Crippen molar-refractivity contribution in [2.45, 2.75) is 6.54 Å². The van der Waals surface area contributed by atoms with Gasteiger partial charge in [-0.15, -0.1) is 0 Å². The standard InChI is InChI=1S/C21H16N2O2/c24-21-20(23(25)17-11-5-2-6-12-17)18-13-7-8-14-19(18)22(21)15-16-9-3-1-4-10-16/h1-14H,15H2/b23-20+. The summed E-state index contributed by atoms with van der Waals surface area (Å²) in [5.41, 5.74) is 3.06. The van der Waals surface area contributed by atoms with Crippen molar-refractivity contribution in [3.05, 3.63) is 101 Å². The number of hydrogen-bond donors (Lipinski definition) is 0. The molecule has 3 aromatic carbocycles. The lowest BCUT2D eigenvalue weighted by molar-refractivity contribution is -0.359. The van der Waals surface area contributed by atoms with E-state index in [4.69, 9.17) is 0 Å². The Labute approximate surface area is 145 Å². The highest BCUT2D eigenvalue weighted by atomic mass is 16.5. The molecule has 0 fully saturated rings. The topological polar surface area (TPSA) is 46.4 Å². The van der Waals surface area contributed by atoms with Crippen LogP contribution in [-0.2, 0) is 11.3 Å². The molecule has 1 aliphatic rings. The van der Waals surface area contributed by atoms with Crippen molar-refractivity contribution in [2.24, 2.45) is 0 Å². The van der Waals surface area contributed by atoms with E-state index in [0.29, 0.717) is 17.8 Å². The first-order valence-electron chi connectivity index (χ1n) is 8.10. The number of amides is 1. The van der Waals surface area contributed by atoms with Gasteiger partial charge in [0.05, 0.1) is 17.8 Å². The number of nitrogens with zero attached hydrogens (tertiary/aromatic N) is 2. The van der Waals surface area contributed by atoms with E-state index < -0.39 is 0 Å².